The first-order valence-electron chi connectivity index (χ1n) is 6.02. The number of carbonyl (C=O) groups excluding carboxylic acids is 1. The van der Waals surface area contributed by atoms with E-state index in [4.69, 9.17) is 4.42 Å². The molecule has 1 aromatic rings. The van der Waals surface area contributed by atoms with Gasteiger partial charge in [-0.05, 0) is 39.3 Å². The van der Waals surface area contributed by atoms with Crippen LogP contribution in [0.1, 0.15) is 39.9 Å². The normalized spacial score (nSPS) is 13.4. The average Bonchev–Trinajstić information content (AvgIpc) is 2.78. The van der Waals surface area contributed by atoms with E-state index in [0.717, 1.165) is 12.2 Å². The van der Waals surface area contributed by atoms with Crippen molar-refractivity contribution >= 4 is 5.91 Å². The molecule has 1 rings (SSSR count). The lowest BCUT2D eigenvalue weighted by molar-refractivity contribution is -0.124. The van der Waals surface area contributed by atoms with Crippen molar-refractivity contribution in [1.82, 2.24) is 10.6 Å². The lowest BCUT2D eigenvalue weighted by Crippen LogP contribution is -2.50. The van der Waals surface area contributed by atoms with Crippen LogP contribution in [0.2, 0.25) is 0 Å². The average molecular weight is 238 g/mol. The zero-order valence-corrected chi connectivity index (χ0v) is 11.0. The van der Waals surface area contributed by atoms with Crippen LogP contribution in [0, 0.1) is 0 Å². The molecule has 0 fully saturated rings. The van der Waals surface area contributed by atoms with E-state index < -0.39 is 0 Å². The highest BCUT2D eigenvalue weighted by molar-refractivity contribution is 5.81. The molecule has 0 aromatic carbocycles. The fourth-order valence-corrected chi connectivity index (χ4v) is 1.29. The molecule has 1 unspecified atom stereocenters. The Kier molecular flexibility index (Phi) is 4.75. The van der Waals surface area contributed by atoms with Gasteiger partial charge in [0.2, 0.25) is 5.91 Å². The minimum Gasteiger partial charge on any atom is -0.468 e. The van der Waals surface area contributed by atoms with Crippen LogP contribution < -0.4 is 10.6 Å². The third kappa shape index (κ3) is 4.61. The molecule has 0 saturated carbocycles. The second-order valence-corrected chi connectivity index (χ2v) is 4.91. The third-order valence-electron chi connectivity index (χ3n) is 2.90. The Morgan fingerprint density at radius 3 is 2.76 bits per heavy atom. The van der Waals surface area contributed by atoms with Crippen LogP contribution in [0.5, 0.6) is 0 Å². The molecule has 0 bridgehead atoms. The van der Waals surface area contributed by atoms with Gasteiger partial charge in [0.1, 0.15) is 5.76 Å². The smallest absolute Gasteiger partial charge is 0.237 e. The maximum absolute atomic E-state index is 11.9. The molecule has 0 saturated heterocycles. The number of rotatable bonds is 6. The van der Waals surface area contributed by atoms with Crippen LogP contribution >= 0.6 is 0 Å². The van der Waals surface area contributed by atoms with E-state index in [1.807, 2.05) is 32.9 Å². The van der Waals surface area contributed by atoms with Gasteiger partial charge in [0, 0.05) is 5.54 Å². The Morgan fingerprint density at radius 1 is 1.53 bits per heavy atom. The van der Waals surface area contributed by atoms with Gasteiger partial charge in [0.25, 0.3) is 0 Å². The van der Waals surface area contributed by atoms with Crippen molar-refractivity contribution in [2.75, 3.05) is 0 Å². The Hall–Kier alpha value is -1.29. The van der Waals surface area contributed by atoms with E-state index in [-0.39, 0.29) is 17.5 Å². The largest absolute Gasteiger partial charge is 0.468 e. The quantitative estimate of drug-likeness (QED) is 0.797. The van der Waals surface area contributed by atoms with E-state index >= 15 is 0 Å². The summed E-state index contributed by atoms with van der Waals surface area (Å²) in [6.07, 6.45) is 2.53. The topological polar surface area (TPSA) is 54.3 Å². The Balaban J connectivity index is 2.37. The molecule has 0 spiro atoms. The number of hydrogen-bond donors (Lipinski definition) is 2. The minimum absolute atomic E-state index is 0.0170. The summed E-state index contributed by atoms with van der Waals surface area (Å²) < 4.78 is 5.19. The molecule has 4 heteroatoms. The molecule has 0 aliphatic carbocycles. The standard InChI is InChI=1S/C13H22N2O2/c1-5-13(3,4)15-12(16)10(2)14-9-11-7-6-8-17-11/h6-8,10,14H,5,9H2,1-4H3,(H,15,16). The second kappa shape index (κ2) is 5.87. The highest BCUT2D eigenvalue weighted by Gasteiger charge is 2.21. The van der Waals surface area contributed by atoms with Gasteiger partial charge in [-0.25, -0.2) is 0 Å². The van der Waals surface area contributed by atoms with Crippen LogP contribution in [0.3, 0.4) is 0 Å². The second-order valence-electron chi connectivity index (χ2n) is 4.91. The van der Waals surface area contributed by atoms with Crippen LogP contribution in [0.15, 0.2) is 22.8 Å². The number of furan rings is 1. The molecule has 96 valence electrons. The van der Waals surface area contributed by atoms with Crippen LogP contribution in [0.25, 0.3) is 0 Å². The van der Waals surface area contributed by atoms with Crippen molar-refractivity contribution in [3.63, 3.8) is 0 Å². The first kappa shape index (κ1) is 13.8. The van der Waals surface area contributed by atoms with Gasteiger partial charge in [-0.2, -0.15) is 0 Å². The van der Waals surface area contributed by atoms with E-state index in [1.54, 1.807) is 6.26 Å². The van der Waals surface area contributed by atoms with Crippen LogP contribution in [-0.2, 0) is 11.3 Å². The molecule has 0 aliphatic heterocycles. The van der Waals surface area contributed by atoms with Gasteiger partial charge >= 0.3 is 0 Å². The van der Waals surface area contributed by atoms with E-state index in [9.17, 15) is 4.79 Å². The van der Waals surface area contributed by atoms with Gasteiger partial charge in [0.05, 0.1) is 18.8 Å². The fraction of sp³-hybridized carbons (Fsp3) is 0.615. The lowest BCUT2D eigenvalue weighted by Gasteiger charge is -2.26. The molecule has 1 atom stereocenters. The zero-order valence-electron chi connectivity index (χ0n) is 11.0. The predicted molar refractivity (Wildman–Crippen MR) is 67.5 cm³/mol. The van der Waals surface area contributed by atoms with Gasteiger partial charge in [-0.1, -0.05) is 6.92 Å². The van der Waals surface area contributed by atoms with Gasteiger partial charge < -0.3 is 9.73 Å². The summed E-state index contributed by atoms with van der Waals surface area (Å²) >= 11 is 0. The van der Waals surface area contributed by atoms with Gasteiger partial charge in [-0.15, -0.1) is 0 Å². The predicted octanol–water partition coefficient (Wildman–Crippen LogP) is 2.06. The molecular weight excluding hydrogens is 216 g/mol. The zero-order chi connectivity index (χ0) is 12.9. The fourth-order valence-electron chi connectivity index (χ4n) is 1.29. The highest BCUT2D eigenvalue weighted by Crippen LogP contribution is 2.07. The maximum atomic E-state index is 11.9. The molecular formula is C13H22N2O2. The van der Waals surface area contributed by atoms with Crippen molar-refractivity contribution in [2.24, 2.45) is 0 Å². The summed E-state index contributed by atoms with van der Waals surface area (Å²) in [6.45, 7) is 8.51. The number of hydrogen-bond acceptors (Lipinski definition) is 3. The Bertz CT molecular complexity index is 344. The van der Waals surface area contributed by atoms with Crippen molar-refractivity contribution in [1.29, 1.82) is 0 Å². The van der Waals surface area contributed by atoms with Crippen LogP contribution in [0.4, 0.5) is 0 Å². The molecule has 0 aliphatic rings. The third-order valence-corrected chi connectivity index (χ3v) is 2.90. The molecule has 17 heavy (non-hydrogen) atoms. The Labute approximate surface area is 103 Å². The monoisotopic (exact) mass is 238 g/mol. The van der Waals surface area contributed by atoms with Crippen molar-refractivity contribution < 1.29 is 9.21 Å². The number of nitrogens with one attached hydrogen (secondary N) is 2. The summed E-state index contributed by atoms with van der Waals surface area (Å²) in [5, 5.41) is 6.13. The summed E-state index contributed by atoms with van der Waals surface area (Å²) in [4.78, 5) is 11.9. The minimum atomic E-state index is -0.231. The SMILES string of the molecule is CCC(C)(C)NC(=O)C(C)NCc1ccco1. The first-order chi connectivity index (χ1) is 7.94. The summed E-state index contributed by atoms with van der Waals surface area (Å²) in [6, 6.07) is 3.49. The first-order valence-corrected chi connectivity index (χ1v) is 6.02. The number of carbonyl (C=O) groups is 1. The van der Waals surface area contributed by atoms with Gasteiger partial charge in [-0.3, -0.25) is 10.1 Å². The molecule has 1 heterocycles. The molecule has 1 amide bonds. The number of amides is 1. The van der Waals surface area contributed by atoms with E-state index in [1.165, 1.54) is 0 Å². The van der Waals surface area contributed by atoms with E-state index in [2.05, 4.69) is 17.6 Å². The van der Waals surface area contributed by atoms with E-state index in [0.29, 0.717) is 6.54 Å². The Morgan fingerprint density at radius 2 is 2.24 bits per heavy atom. The van der Waals surface area contributed by atoms with Crippen molar-refractivity contribution in [2.45, 2.75) is 52.2 Å². The molecule has 1 aromatic heterocycles. The van der Waals surface area contributed by atoms with Crippen molar-refractivity contribution in [3.05, 3.63) is 24.2 Å². The lowest BCUT2D eigenvalue weighted by atomic mass is 10.0. The molecule has 4 nitrogen and oxygen atoms in total. The van der Waals surface area contributed by atoms with Crippen molar-refractivity contribution in [3.8, 4) is 0 Å². The van der Waals surface area contributed by atoms with Gasteiger partial charge in [0.15, 0.2) is 0 Å². The highest BCUT2D eigenvalue weighted by atomic mass is 16.3. The summed E-state index contributed by atoms with van der Waals surface area (Å²) in [7, 11) is 0. The van der Waals surface area contributed by atoms with Crippen LogP contribution in [-0.4, -0.2) is 17.5 Å². The molecule has 2 N–H and O–H groups in total. The summed E-state index contributed by atoms with van der Waals surface area (Å²) in [5.74, 6) is 0.850. The molecule has 0 radical (unpaired) electrons. The maximum Gasteiger partial charge on any atom is 0.237 e. The summed E-state index contributed by atoms with van der Waals surface area (Å²) in [5.41, 5.74) is -0.155.